The largest absolute Gasteiger partial charge is 0.490 e. The molecule has 0 amide bonds. The highest BCUT2D eigenvalue weighted by atomic mass is 16.5. The highest BCUT2D eigenvalue weighted by Gasteiger charge is 2.56. The van der Waals surface area contributed by atoms with Gasteiger partial charge in [0, 0.05) is 18.4 Å². The van der Waals surface area contributed by atoms with Gasteiger partial charge in [-0.25, -0.2) is 0 Å². The third-order valence-electron chi connectivity index (χ3n) is 4.04. The summed E-state index contributed by atoms with van der Waals surface area (Å²) >= 11 is 0. The van der Waals surface area contributed by atoms with Crippen molar-refractivity contribution in [2.45, 2.75) is 32.2 Å². The molecule has 2 N–H and O–H groups in total. The van der Waals surface area contributed by atoms with Gasteiger partial charge in [-0.05, 0) is 23.1 Å². The molecule has 92 valence electrons. The molecule has 1 aromatic rings. The van der Waals surface area contributed by atoms with Crippen LogP contribution in [0.15, 0.2) is 18.2 Å². The van der Waals surface area contributed by atoms with Crippen LogP contribution in [-0.4, -0.2) is 19.3 Å². The number of hydrogen-bond donors (Lipinski definition) is 1. The lowest BCUT2D eigenvalue weighted by molar-refractivity contribution is 0.297. The predicted octanol–water partition coefficient (Wildman–Crippen LogP) is 2.30. The molecule has 1 fully saturated rings. The average molecular weight is 233 g/mol. The SMILES string of the molecule is CC1(C)C(N)C1c1ccc2c(c1)OCCCO2. The van der Waals surface area contributed by atoms with E-state index in [9.17, 15) is 0 Å². The van der Waals surface area contributed by atoms with E-state index in [0.717, 1.165) is 31.1 Å². The molecule has 3 nitrogen and oxygen atoms in total. The second-order valence-corrected chi connectivity index (χ2v) is 5.58. The van der Waals surface area contributed by atoms with E-state index in [1.165, 1.54) is 5.56 Å². The van der Waals surface area contributed by atoms with Crippen LogP contribution in [0.1, 0.15) is 31.7 Å². The van der Waals surface area contributed by atoms with Crippen molar-refractivity contribution in [3.8, 4) is 11.5 Å². The summed E-state index contributed by atoms with van der Waals surface area (Å²) in [6.07, 6.45) is 0.943. The number of benzene rings is 1. The molecule has 0 saturated heterocycles. The van der Waals surface area contributed by atoms with Crippen LogP contribution in [0.3, 0.4) is 0 Å². The van der Waals surface area contributed by atoms with Crippen molar-refractivity contribution < 1.29 is 9.47 Å². The van der Waals surface area contributed by atoms with Crippen molar-refractivity contribution in [1.82, 2.24) is 0 Å². The molecule has 2 aliphatic rings. The van der Waals surface area contributed by atoms with Crippen LogP contribution in [0.4, 0.5) is 0 Å². The molecule has 3 heteroatoms. The normalized spacial score (nSPS) is 29.6. The van der Waals surface area contributed by atoms with E-state index in [2.05, 4.69) is 26.0 Å². The molecule has 1 aliphatic carbocycles. The fraction of sp³-hybridized carbons (Fsp3) is 0.571. The number of fused-ring (bicyclic) bond motifs is 1. The van der Waals surface area contributed by atoms with Crippen LogP contribution < -0.4 is 15.2 Å². The summed E-state index contributed by atoms with van der Waals surface area (Å²) in [7, 11) is 0. The lowest BCUT2D eigenvalue weighted by atomic mass is 10.0. The molecule has 0 aromatic heterocycles. The van der Waals surface area contributed by atoms with Crippen LogP contribution in [0.5, 0.6) is 11.5 Å². The van der Waals surface area contributed by atoms with Crippen molar-refractivity contribution in [1.29, 1.82) is 0 Å². The number of hydrogen-bond acceptors (Lipinski definition) is 3. The topological polar surface area (TPSA) is 44.5 Å². The van der Waals surface area contributed by atoms with Crippen LogP contribution >= 0.6 is 0 Å². The van der Waals surface area contributed by atoms with E-state index >= 15 is 0 Å². The quantitative estimate of drug-likeness (QED) is 0.809. The van der Waals surface area contributed by atoms with Gasteiger partial charge in [0.15, 0.2) is 11.5 Å². The van der Waals surface area contributed by atoms with Gasteiger partial charge in [0.2, 0.25) is 0 Å². The number of rotatable bonds is 1. The predicted molar refractivity (Wildman–Crippen MR) is 66.5 cm³/mol. The highest BCUT2D eigenvalue weighted by Crippen LogP contribution is 2.58. The van der Waals surface area contributed by atoms with Crippen molar-refractivity contribution in [3.05, 3.63) is 23.8 Å². The van der Waals surface area contributed by atoms with E-state index in [0.29, 0.717) is 5.92 Å². The second kappa shape index (κ2) is 3.64. The minimum atomic E-state index is 0.208. The molecule has 0 spiro atoms. The van der Waals surface area contributed by atoms with Gasteiger partial charge in [-0.2, -0.15) is 0 Å². The summed E-state index contributed by atoms with van der Waals surface area (Å²) in [6, 6.07) is 6.48. The van der Waals surface area contributed by atoms with Crippen LogP contribution in [0.2, 0.25) is 0 Å². The smallest absolute Gasteiger partial charge is 0.161 e. The Hall–Kier alpha value is -1.22. The number of nitrogens with two attached hydrogens (primary N) is 1. The Kier molecular flexibility index (Phi) is 2.33. The fourth-order valence-corrected chi connectivity index (χ4v) is 2.69. The molecule has 3 rings (SSSR count). The van der Waals surface area contributed by atoms with Gasteiger partial charge in [-0.15, -0.1) is 0 Å². The first-order valence-electron chi connectivity index (χ1n) is 6.26. The average Bonchev–Trinajstić information content (AvgIpc) is 2.89. The van der Waals surface area contributed by atoms with Gasteiger partial charge in [0.1, 0.15) is 0 Å². The molecular weight excluding hydrogens is 214 g/mol. The Bertz CT molecular complexity index is 442. The molecule has 0 bridgehead atoms. The summed E-state index contributed by atoms with van der Waals surface area (Å²) in [6.45, 7) is 5.90. The van der Waals surface area contributed by atoms with E-state index in [-0.39, 0.29) is 11.5 Å². The van der Waals surface area contributed by atoms with Crippen LogP contribution in [0, 0.1) is 5.41 Å². The van der Waals surface area contributed by atoms with E-state index < -0.39 is 0 Å². The molecule has 2 atom stereocenters. The summed E-state index contributed by atoms with van der Waals surface area (Å²) in [5.74, 6) is 2.17. The zero-order chi connectivity index (χ0) is 12.0. The Morgan fingerprint density at radius 2 is 1.82 bits per heavy atom. The molecule has 1 saturated carbocycles. The zero-order valence-electron chi connectivity index (χ0n) is 10.4. The van der Waals surface area contributed by atoms with Crippen molar-refractivity contribution in [2.24, 2.45) is 11.1 Å². The molecule has 1 aliphatic heterocycles. The first-order valence-corrected chi connectivity index (χ1v) is 6.26. The second-order valence-electron chi connectivity index (χ2n) is 5.58. The van der Waals surface area contributed by atoms with Gasteiger partial charge in [-0.3, -0.25) is 0 Å². The van der Waals surface area contributed by atoms with Crippen LogP contribution in [0.25, 0.3) is 0 Å². The first kappa shape index (κ1) is 10.9. The van der Waals surface area contributed by atoms with E-state index in [1.54, 1.807) is 0 Å². The van der Waals surface area contributed by atoms with Crippen LogP contribution in [-0.2, 0) is 0 Å². The highest BCUT2D eigenvalue weighted by molar-refractivity contribution is 5.47. The van der Waals surface area contributed by atoms with Gasteiger partial charge < -0.3 is 15.2 Å². The van der Waals surface area contributed by atoms with Gasteiger partial charge in [0.05, 0.1) is 13.2 Å². The number of ether oxygens (including phenoxy) is 2. The maximum atomic E-state index is 6.11. The molecule has 0 radical (unpaired) electrons. The van der Waals surface area contributed by atoms with Crippen molar-refractivity contribution >= 4 is 0 Å². The summed E-state index contributed by atoms with van der Waals surface area (Å²) in [5, 5.41) is 0. The standard InChI is InChI=1S/C14H19NO2/c1-14(2)12(13(14)15)9-4-5-10-11(8-9)17-7-3-6-16-10/h4-5,8,12-13H,3,6-7,15H2,1-2H3. The van der Waals surface area contributed by atoms with Gasteiger partial charge >= 0.3 is 0 Å². The monoisotopic (exact) mass is 233 g/mol. The van der Waals surface area contributed by atoms with E-state index in [4.69, 9.17) is 15.2 Å². The third kappa shape index (κ3) is 1.69. The first-order chi connectivity index (χ1) is 8.10. The Labute approximate surface area is 102 Å². The Morgan fingerprint density at radius 1 is 1.18 bits per heavy atom. The lowest BCUT2D eigenvalue weighted by Gasteiger charge is -2.10. The minimum Gasteiger partial charge on any atom is -0.490 e. The molecule has 17 heavy (non-hydrogen) atoms. The third-order valence-corrected chi connectivity index (χ3v) is 4.04. The van der Waals surface area contributed by atoms with Gasteiger partial charge in [-0.1, -0.05) is 19.9 Å². The molecular formula is C14H19NO2. The fourth-order valence-electron chi connectivity index (χ4n) is 2.69. The lowest BCUT2D eigenvalue weighted by Crippen LogP contribution is -2.06. The summed E-state index contributed by atoms with van der Waals surface area (Å²) < 4.78 is 11.3. The molecule has 2 unspecified atom stereocenters. The molecule has 1 heterocycles. The zero-order valence-corrected chi connectivity index (χ0v) is 10.4. The van der Waals surface area contributed by atoms with Crippen molar-refractivity contribution in [3.63, 3.8) is 0 Å². The molecule has 1 aromatic carbocycles. The maximum absolute atomic E-state index is 6.11. The van der Waals surface area contributed by atoms with Crippen molar-refractivity contribution in [2.75, 3.05) is 13.2 Å². The van der Waals surface area contributed by atoms with E-state index in [1.807, 2.05) is 6.07 Å². The van der Waals surface area contributed by atoms with Gasteiger partial charge in [0.25, 0.3) is 0 Å². The summed E-state index contributed by atoms with van der Waals surface area (Å²) in [5.41, 5.74) is 7.59. The Morgan fingerprint density at radius 3 is 2.47 bits per heavy atom. The minimum absolute atomic E-state index is 0.208. The Balaban J connectivity index is 1.91. The summed E-state index contributed by atoms with van der Waals surface area (Å²) in [4.78, 5) is 0. The maximum Gasteiger partial charge on any atom is 0.161 e.